The zero-order valence-corrected chi connectivity index (χ0v) is 19.7. The summed E-state index contributed by atoms with van der Waals surface area (Å²) in [5.74, 6) is -0.427. The smallest absolute Gasteiger partial charge is 0.308 e. The first-order valence-corrected chi connectivity index (χ1v) is 10.4. The Morgan fingerprint density at radius 1 is 1.15 bits per heavy atom. The van der Waals surface area contributed by atoms with E-state index in [2.05, 4.69) is 5.10 Å². The molecule has 0 bridgehead atoms. The molecule has 0 aliphatic carbocycles. The van der Waals surface area contributed by atoms with E-state index in [0.29, 0.717) is 22.0 Å². The quantitative estimate of drug-likeness (QED) is 0.470. The summed E-state index contributed by atoms with van der Waals surface area (Å²) in [5.41, 5.74) is 1.75. The lowest BCUT2D eigenvalue weighted by atomic mass is 10.1. The summed E-state index contributed by atoms with van der Waals surface area (Å²) in [6, 6.07) is 9.92. The molecule has 0 aromatic heterocycles. The monoisotopic (exact) mass is 473 g/mol. The highest BCUT2D eigenvalue weighted by Gasteiger charge is 2.36. The van der Waals surface area contributed by atoms with E-state index in [1.54, 1.807) is 36.4 Å². The Bertz CT molecular complexity index is 1130. The van der Waals surface area contributed by atoms with Crippen LogP contribution in [0.15, 0.2) is 41.5 Å². The second kappa shape index (κ2) is 9.91. The van der Waals surface area contributed by atoms with Crippen molar-refractivity contribution in [1.29, 1.82) is 0 Å². The third-order valence-corrected chi connectivity index (χ3v) is 5.12. The molecule has 0 radical (unpaired) electrons. The van der Waals surface area contributed by atoms with Crippen LogP contribution in [0.2, 0.25) is 5.02 Å². The lowest BCUT2D eigenvalue weighted by Crippen LogP contribution is -2.44. The van der Waals surface area contributed by atoms with Crippen molar-refractivity contribution in [2.24, 2.45) is 5.10 Å². The van der Waals surface area contributed by atoms with Gasteiger partial charge in [-0.1, -0.05) is 11.6 Å². The van der Waals surface area contributed by atoms with E-state index in [0.717, 1.165) is 10.6 Å². The van der Waals surface area contributed by atoms with E-state index in [1.807, 2.05) is 6.92 Å². The Kier molecular flexibility index (Phi) is 7.23. The van der Waals surface area contributed by atoms with E-state index in [4.69, 9.17) is 25.8 Å². The van der Waals surface area contributed by atoms with E-state index in [-0.39, 0.29) is 30.0 Å². The SMILES string of the molecule is COc1ccc(OC(C)=O)c(C2=NN(C(C)=O)C(CN(C(C)=O)c3ccc(Cl)cc3C)O2)c1. The first-order chi connectivity index (χ1) is 15.6. The number of carbonyl (C=O) groups excluding carboxylic acids is 3. The van der Waals surface area contributed by atoms with Crippen LogP contribution in [0.4, 0.5) is 5.69 Å². The topological polar surface area (TPSA) is 97.7 Å². The van der Waals surface area contributed by atoms with E-state index < -0.39 is 12.2 Å². The molecule has 2 amide bonds. The van der Waals surface area contributed by atoms with Crippen LogP contribution in [0.25, 0.3) is 0 Å². The Morgan fingerprint density at radius 2 is 1.88 bits per heavy atom. The predicted molar refractivity (Wildman–Crippen MR) is 122 cm³/mol. The van der Waals surface area contributed by atoms with Crippen LogP contribution in [0, 0.1) is 6.92 Å². The number of esters is 1. The average Bonchev–Trinajstić information content (AvgIpc) is 3.16. The van der Waals surface area contributed by atoms with Crippen LogP contribution in [0.3, 0.4) is 0 Å². The van der Waals surface area contributed by atoms with Gasteiger partial charge in [0.15, 0.2) is 0 Å². The van der Waals surface area contributed by atoms with Crippen LogP contribution in [-0.2, 0) is 19.1 Å². The third-order valence-electron chi connectivity index (χ3n) is 4.88. The molecule has 0 saturated carbocycles. The molecular weight excluding hydrogens is 450 g/mol. The first-order valence-electron chi connectivity index (χ1n) is 10.1. The number of carbonyl (C=O) groups is 3. The fraction of sp³-hybridized carbons (Fsp3) is 0.304. The van der Waals surface area contributed by atoms with Crippen molar-refractivity contribution in [2.75, 3.05) is 18.6 Å². The maximum absolute atomic E-state index is 12.5. The van der Waals surface area contributed by atoms with Crippen molar-refractivity contribution >= 4 is 41.0 Å². The number of amides is 2. The number of aryl methyl sites for hydroxylation is 1. The largest absolute Gasteiger partial charge is 0.497 e. The fourth-order valence-corrected chi connectivity index (χ4v) is 3.62. The van der Waals surface area contributed by atoms with Gasteiger partial charge in [0.2, 0.25) is 23.9 Å². The van der Waals surface area contributed by atoms with Crippen molar-refractivity contribution in [3.05, 3.63) is 52.5 Å². The molecule has 1 atom stereocenters. The number of benzene rings is 2. The summed E-state index contributed by atoms with van der Waals surface area (Å²) in [4.78, 5) is 37.8. The normalized spacial score (nSPS) is 14.9. The number of ether oxygens (including phenoxy) is 3. The van der Waals surface area contributed by atoms with Gasteiger partial charge in [-0.05, 0) is 48.9 Å². The summed E-state index contributed by atoms with van der Waals surface area (Å²) < 4.78 is 16.5. The summed E-state index contributed by atoms with van der Waals surface area (Å²) in [6.07, 6.45) is -0.909. The molecule has 2 aromatic carbocycles. The molecule has 3 rings (SSSR count). The molecule has 1 unspecified atom stereocenters. The zero-order valence-electron chi connectivity index (χ0n) is 18.9. The maximum atomic E-state index is 12.5. The highest BCUT2D eigenvalue weighted by molar-refractivity contribution is 6.30. The fourth-order valence-electron chi connectivity index (χ4n) is 3.39. The Labute approximate surface area is 196 Å². The summed E-state index contributed by atoms with van der Waals surface area (Å²) >= 11 is 6.05. The van der Waals surface area contributed by atoms with Gasteiger partial charge < -0.3 is 19.1 Å². The van der Waals surface area contributed by atoms with Crippen LogP contribution in [-0.4, -0.2) is 48.6 Å². The molecule has 10 heteroatoms. The van der Waals surface area contributed by atoms with E-state index in [1.165, 1.54) is 32.8 Å². The minimum atomic E-state index is -0.909. The van der Waals surface area contributed by atoms with Crippen LogP contribution in [0.5, 0.6) is 11.5 Å². The Morgan fingerprint density at radius 3 is 2.45 bits per heavy atom. The standard InChI is InChI=1S/C23H24ClN3O6/c1-13-10-17(24)6-8-20(13)26(14(2)28)12-22-27(15(3)29)25-23(33-22)19-11-18(31-5)7-9-21(19)32-16(4)30/h6-11,22H,12H2,1-5H3. The first kappa shape index (κ1) is 24.1. The van der Waals surface area contributed by atoms with Gasteiger partial charge in [0.1, 0.15) is 11.5 Å². The van der Waals surface area contributed by atoms with Gasteiger partial charge in [-0.15, -0.1) is 5.10 Å². The molecule has 0 spiro atoms. The molecule has 1 aliphatic heterocycles. The zero-order chi connectivity index (χ0) is 24.3. The Balaban J connectivity index is 1.96. The molecule has 0 saturated heterocycles. The molecule has 0 N–H and O–H groups in total. The molecule has 33 heavy (non-hydrogen) atoms. The van der Waals surface area contributed by atoms with E-state index >= 15 is 0 Å². The van der Waals surface area contributed by atoms with Crippen molar-refractivity contribution in [3.8, 4) is 11.5 Å². The molecular formula is C23H24ClN3O6. The second-order valence-corrected chi connectivity index (χ2v) is 7.79. The number of hydrogen-bond acceptors (Lipinski definition) is 7. The third kappa shape index (κ3) is 5.43. The van der Waals surface area contributed by atoms with Gasteiger partial charge in [0, 0.05) is 31.5 Å². The van der Waals surface area contributed by atoms with Gasteiger partial charge in [0.05, 0.1) is 19.2 Å². The molecule has 9 nitrogen and oxygen atoms in total. The Hall–Kier alpha value is -3.59. The maximum Gasteiger partial charge on any atom is 0.308 e. The molecule has 1 aliphatic rings. The molecule has 1 heterocycles. The highest BCUT2D eigenvalue weighted by atomic mass is 35.5. The number of hydrogen-bond donors (Lipinski definition) is 0. The number of anilines is 1. The number of methoxy groups -OCH3 is 1. The lowest BCUT2D eigenvalue weighted by molar-refractivity contribution is -0.135. The van der Waals surface area contributed by atoms with Gasteiger partial charge in [-0.2, -0.15) is 5.01 Å². The van der Waals surface area contributed by atoms with Crippen molar-refractivity contribution in [2.45, 2.75) is 33.9 Å². The van der Waals surface area contributed by atoms with Crippen LogP contribution >= 0.6 is 11.6 Å². The molecule has 2 aromatic rings. The predicted octanol–water partition coefficient (Wildman–Crippen LogP) is 3.50. The van der Waals surface area contributed by atoms with Crippen LogP contribution < -0.4 is 14.4 Å². The van der Waals surface area contributed by atoms with Crippen molar-refractivity contribution < 1.29 is 28.6 Å². The van der Waals surface area contributed by atoms with Gasteiger partial charge >= 0.3 is 5.97 Å². The lowest BCUT2D eigenvalue weighted by Gasteiger charge is -2.28. The van der Waals surface area contributed by atoms with Gasteiger partial charge in [0.25, 0.3) is 0 Å². The van der Waals surface area contributed by atoms with Crippen molar-refractivity contribution in [3.63, 3.8) is 0 Å². The van der Waals surface area contributed by atoms with Crippen LogP contribution in [0.1, 0.15) is 31.9 Å². The summed E-state index contributed by atoms with van der Waals surface area (Å²) in [5, 5.41) is 5.99. The molecule has 0 fully saturated rings. The van der Waals surface area contributed by atoms with E-state index in [9.17, 15) is 14.4 Å². The summed E-state index contributed by atoms with van der Waals surface area (Å²) in [6.45, 7) is 5.88. The minimum absolute atomic E-state index is 0.0112. The van der Waals surface area contributed by atoms with Crippen molar-refractivity contribution in [1.82, 2.24) is 5.01 Å². The number of halogens is 1. The van der Waals surface area contributed by atoms with Gasteiger partial charge in [-0.25, -0.2) is 0 Å². The number of hydrazone groups is 1. The number of nitrogens with zero attached hydrogens (tertiary/aromatic N) is 3. The molecule has 174 valence electrons. The summed E-state index contributed by atoms with van der Waals surface area (Å²) in [7, 11) is 1.49. The minimum Gasteiger partial charge on any atom is -0.497 e. The number of rotatable bonds is 6. The average molecular weight is 474 g/mol. The second-order valence-electron chi connectivity index (χ2n) is 7.36. The van der Waals surface area contributed by atoms with Gasteiger partial charge in [-0.3, -0.25) is 14.4 Å². The highest BCUT2D eigenvalue weighted by Crippen LogP contribution is 2.30.